The second-order valence-corrected chi connectivity index (χ2v) is 5.50. The van der Waals surface area contributed by atoms with Crippen molar-refractivity contribution in [1.29, 1.82) is 0 Å². The summed E-state index contributed by atoms with van der Waals surface area (Å²) in [5.74, 6) is -0.0521. The molecule has 1 fully saturated rings. The molecule has 19 heavy (non-hydrogen) atoms. The number of rotatable bonds is 4. The third kappa shape index (κ3) is 2.97. The average Bonchev–Trinajstić information content (AvgIpc) is 2.78. The number of nitrogens with one attached hydrogen (secondary N) is 1. The molecule has 106 valence electrons. The molecule has 0 unspecified atom stereocenters. The lowest BCUT2D eigenvalue weighted by Crippen LogP contribution is -2.45. The van der Waals surface area contributed by atoms with Gasteiger partial charge in [-0.1, -0.05) is 0 Å². The zero-order valence-electron chi connectivity index (χ0n) is 12.0. The van der Waals surface area contributed by atoms with Crippen molar-refractivity contribution in [2.75, 3.05) is 26.7 Å². The van der Waals surface area contributed by atoms with E-state index >= 15 is 0 Å². The monoisotopic (exact) mass is 265 g/mol. The molecule has 1 aromatic rings. The van der Waals surface area contributed by atoms with E-state index in [4.69, 9.17) is 4.74 Å². The van der Waals surface area contributed by atoms with Crippen LogP contribution in [0.25, 0.3) is 0 Å². The summed E-state index contributed by atoms with van der Waals surface area (Å²) in [6, 6.07) is 0. The van der Waals surface area contributed by atoms with Gasteiger partial charge in [0, 0.05) is 5.69 Å². The minimum Gasteiger partial charge on any atom is -0.466 e. The molecule has 1 N–H and O–H groups in total. The molecule has 0 radical (unpaired) electrons. The van der Waals surface area contributed by atoms with Crippen LogP contribution in [0.3, 0.4) is 0 Å². The van der Waals surface area contributed by atoms with Crippen molar-refractivity contribution in [3.63, 3.8) is 0 Å². The molecule has 0 bridgehead atoms. The van der Waals surface area contributed by atoms with Gasteiger partial charge in [0.05, 0.1) is 18.2 Å². The van der Waals surface area contributed by atoms with Crippen molar-refractivity contribution in [1.82, 2.24) is 15.1 Å². The maximum Gasteiger partial charge on any atom is 0.312 e. The number of carbonyl (C=O) groups is 1. The fourth-order valence-corrected chi connectivity index (χ4v) is 2.70. The maximum absolute atomic E-state index is 12.4. The van der Waals surface area contributed by atoms with Crippen LogP contribution in [0.5, 0.6) is 0 Å². The number of aromatic amines is 1. The number of ether oxygens (including phenoxy) is 1. The molecule has 1 aliphatic heterocycles. The molecule has 0 atom stereocenters. The van der Waals surface area contributed by atoms with E-state index in [-0.39, 0.29) is 11.4 Å². The number of hydrogen-bond acceptors (Lipinski definition) is 4. The Hall–Kier alpha value is -1.36. The molecule has 0 amide bonds. The van der Waals surface area contributed by atoms with Crippen molar-refractivity contribution in [3.05, 3.63) is 17.5 Å². The highest BCUT2D eigenvalue weighted by atomic mass is 16.5. The Bertz CT molecular complexity index is 434. The molecule has 5 heteroatoms. The molecule has 2 heterocycles. The van der Waals surface area contributed by atoms with Crippen LogP contribution < -0.4 is 0 Å². The highest BCUT2D eigenvalue weighted by Gasteiger charge is 2.42. The first kappa shape index (κ1) is 14.1. The van der Waals surface area contributed by atoms with Crippen LogP contribution in [0.15, 0.2) is 6.20 Å². The molecule has 1 aliphatic rings. The zero-order valence-corrected chi connectivity index (χ0v) is 12.0. The van der Waals surface area contributed by atoms with Gasteiger partial charge >= 0.3 is 5.97 Å². The van der Waals surface area contributed by atoms with Gasteiger partial charge in [-0.2, -0.15) is 5.10 Å². The second-order valence-electron chi connectivity index (χ2n) is 5.50. The SMILES string of the molecule is CCOC(=O)C1(Cc2cn[nH]c2C)CCN(C)CC1. The normalized spacial score (nSPS) is 19.3. The van der Waals surface area contributed by atoms with Gasteiger partial charge in [0.25, 0.3) is 0 Å². The quantitative estimate of drug-likeness (QED) is 0.839. The van der Waals surface area contributed by atoms with E-state index in [0.717, 1.165) is 43.6 Å². The predicted octanol–water partition coefficient (Wildman–Crippen LogP) is 1.54. The first-order valence-corrected chi connectivity index (χ1v) is 6.92. The molecule has 0 aliphatic carbocycles. The van der Waals surface area contributed by atoms with Gasteiger partial charge in [-0.15, -0.1) is 0 Å². The Balaban J connectivity index is 2.19. The lowest BCUT2D eigenvalue weighted by Gasteiger charge is -2.38. The van der Waals surface area contributed by atoms with Crippen molar-refractivity contribution in [3.8, 4) is 0 Å². The Morgan fingerprint density at radius 1 is 1.53 bits per heavy atom. The first-order chi connectivity index (χ1) is 9.07. The Morgan fingerprint density at radius 3 is 2.74 bits per heavy atom. The summed E-state index contributed by atoms with van der Waals surface area (Å²) in [4.78, 5) is 14.7. The smallest absolute Gasteiger partial charge is 0.312 e. The number of aryl methyl sites for hydroxylation is 1. The van der Waals surface area contributed by atoms with E-state index in [1.807, 2.05) is 20.0 Å². The number of likely N-dealkylation sites (tertiary alicyclic amines) is 1. The zero-order chi connectivity index (χ0) is 13.9. The minimum atomic E-state index is -0.378. The summed E-state index contributed by atoms with van der Waals surface area (Å²) in [6.07, 6.45) is 4.26. The van der Waals surface area contributed by atoms with Gasteiger partial charge in [0.2, 0.25) is 0 Å². The summed E-state index contributed by atoms with van der Waals surface area (Å²) in [7, 11) is 2.10. The molecule has 5 nitrogen and oxygen atoms in total. The first-order valence-electron chi connectivity index (χ1n) is 6.92. The van der Waals surface area contributed by atoms with Crippen LogP contribution in [0.2, 0.25) is 0 Å². The van der Waals surface area contributed by atoms with E-state index in [1.165, 1.54) is 0 Å². The fourth-order valence-electron chi connectivity index (χ4n) is 2.70. The van der Waals surface area contributed by atoms with Crippen LogP contribution in [-0.4, -0.2) is 47.8 Å². The molecule has 0 aromatic carbocycles. The number of nitrogens with zero attached hydrogens (tertiary/aromatic N) is 2. The number of hydrogen-bond donors (Lipinski definition) is 1. The van der Waals surface area contributed by atoms with Crippen LogP contribution in [0.4, 0.5) is 0 Å². The number of aromatic nitrogens is 2. The summed E-state index contributed by atoms with van der Waals surface area (Å²) >= 11 is 0. The summed E-state index contributed by atoms with van der Waals surface area (Å²) in [5, 5.41) is 6.99. The predicted molar refractivity (Wildman–Crippen MR) is 72.8 cm³/mol. The number of carbonyl (C=O) groups excluding carboxylic acids is 1. The number of esters is 1. The van der Waals surface area contributed by atoms with Gasteiger partial charge < -0.3 is 9.64 Å². The lowest BCUT2D eigenvalue weighted by atomic mass is 9.74. The Morgan fingerprint density at radius 2 is 2.21 bits per heavy atom. The minimum absolute atomic E-state index is 0.0521. The highest BCUT2D eigenvalue weighted by Crippen LogP contribution is 2.36. The molecule has 1 saturated heterocycles. The van der Waals surface area contributed by atoms with Gasteiger partial charge in [-0.25, -0.2) is 0 Å². The van der Waals surface area contributed by atoms with Gasteiger partial charge in [-0.3, -0.25) is 9.89 Å². The summed E-state index contributed by atoms with van der Waals surface area (Å²) in [5.41, 5.74) is 1.79. The maximum atomic E-state index is 12.4. The topological polar surface area (TPSA) is 58.2 Å². The molecular weight excluding hydrogens is 242 g/mol. The van der Waals surface area contributed by atoms with E-state index in [1.54, 1.807) is 0 Å². The van der Waals surface area contributed by atoms with Crippen LogP contribution in [0, 0.1) is 12.3 Å². The largest absolute Gasteiger partial charge is 0.466 e. The third-order valence-electron chi connectivity index (χ3n) is 4.12. The second kappa shape index (κ2) is 5.74. The summed E-state index contributed by atoms with van der Waals surface area (Å²) in [6.45, 7) is 6.19. The van der Waals surface area contributed by atoms with Crippen LogP contribution in [-0.2, 0) is 16.0 Å². The summed E-state index contributed by atoms with van der Waals surface area (Å²) < 4.78 is 5.32. The van der Waals surface area contributed by atoms with Crippen molar-refractivity contribution >= 4 is 5.97 Å². The van der Waals surface area contributed by atoms with Crippen LogP contribution in [0.1, 0.15) is 31.0 Å². The highest BCUT2D eigenvalue weighted by molar-refractivity contribution is 5.77. The lowest BCUT2D eigenvalue weighted by molar-refractivity contribution is -0.158. The molecule has 0 spiro atoms. The standard InChI is InChI=1S/C14H23N3O2/c1-4-19-13(18)14(5-7-17(3)8-6-14)9-12-10-15-16-11(12)2/h10H,4-9H2,1-3H3,(H,15,16). The van der Waals surface area contributed by atoms with E-state index in [2.05, 4.69) is 22.1 Å². The van der Waals surface area contributed by atoms with Crippen molar-refractivity contribution in [2.45, 2.75) is 33.1 Å². The van der Waals surface area contributed by atoms with Crippen LogP contribution >= 0.6 is 0 Å². The number of piperidine rings is 1. The molecule has 2 rings (SSSR count). The van der Waals surface area contributed by atoms with Crippen molar-refractivity contribution in [2.24, 2.45) is 5.41 Å². The van der Waals surface area contributed by atoms with Crippen molar-refractivity contribution < 1.29 is 9.53 Å². The average molecular weight is 265 g/mol. The fraction of sp³-hybridized carbons (Fsp3) is 0.714. The number of H-pyrrole nitrogens is 1. The molecule has 1 aromatic heterocycles. The Labute approximate surface area is 114 Å². The van der Waals surface area contributed by atoms with E-state index in [9.17, 15) is 4.79 Å². The van der Waals surface area contributed by atoms with Gasteiger partial charge in [0.15, 0.2) is 0 Å². The van der Waals surface area contributed by atoms with E-state index in [0.29, 0.717) is 6.61 Å². The Kier molecular flexibility index (Phi) is 4.24. The van der Waals surface area contributed by atoms with Gasteiger partial charge in [0.1, 0.15) is 0 Å². The third-order valence-corrected chi connectivity index (χ3v) is 4.12. The molecular formula is C14H23N3O2. The van der Waals surface area contributed by atoms with E-state index < -0.39 is 0 Å². The molecule has 0 saturated carbocycles. The van der Waals surface area contributed by atoms with Gasteiger partial charge in [-0.05, 0) is 58.8 Å².